The van der Waals surface area contributed by atoms with Gasteiger partial charge < -0.3 is 15.3 Å². The molecule has 1 aliphatic heterocycles. The van der Waals surface area contributed by atoms with Crippen LogP contribution in [-0.2, 0) is 0 Å². The highest BCUT2D eigenvalue weighted by Crippen LogP contribution is 2.23. The van der Waals surface area contributed by atoms with E-state index >= 15 is 0 Å². The molecule has 0 aliphatic carbocycles. The number of benzene rings is 1. The molecule has 6 heteroatoms. The lowest BCUT2D eigenvalue weighted by atomic mass is 10.0. The summed E-state index contributed by atoms with van der Waals surface area (Å²) in [5.41, 5.74) is -0.460. The molecular weight excluding hydrogens is 266 g/mol. The SMILES string of the molecule is CCN1CCC(Nc2cc(C(=O)O)c(F)cc2F)CC1. The average molecular weight is 284 g/mol. The number of likely N-dealkylation sites (tertiary alicyclic amines) is 1. The molecule has 1 fully saturated rings. The van der Waals surface area contributed by atoms with Gasteiger partial charge in [0.15, 0.2) is 0 Å². The zero-order valence-corrected chi connectivity index (χ0v) is 11.3. The number of piperidine rings is 1. The smallest absolute Gasteiger partial charge is 0.338 e. The van der Waals surface area contributed by atoms with Crippen molar-refractivity contribution in [1.82, 2.24) is 4.90 Å². The zero-order chi connectivity index (χ0) is 14.7. The van der Waals surface area contributed by atoms with Crippen molar-refractivity contribution in [3.8, 4) is 0 Å². The predicted octanol–water partition coefficient (Wildman–Crippen LogP) is 2.56. The molecule has 1 aromatic carbocycles. The third kappa shape index (κ3) is 3.25. The van der Waals surface area contributed by atoms with Crippen molar-refractivity contribution in [3.05, 3.63) is 29.3 Å². The van der Waals surface area contributed by atoms with Crippen molar-refractivity contribution in [2.24, 2.45) is 0 Å². The van der Waals surface area contributed by atoms with Gasteiger partial charge in [-0.1, -0.05) is 6.92 Å². The molecule has 1 aliphatic rings. The molecule has 0 amide bonds. The van der Waals surface area contributed by atoms with Crippen molar-refractivity contribution in [2.45, 2.75) is 25.8 Å². The molecule has 1 heterocycles. The first kappa shape index (κ1) is 14.7. The number of carboxylic acid groups (broad SMARTS) is 1. The van der Waals surface area contributed by atoms with Gasteiger partial charge in [-0.2, -0.15) is 0 Å². The average Bonchev–Trinajstić information content (AvgIpc) is 2.42. The highest BCUT2D eigenvalue weighted by Gasteiger charge is 2.21. The minimum atomic E-state index is -1.40. The van der Waals surface area contributed by atoms with E-state index < -0.39 is 23.2 Å². The van der Waals surface area contributed by atoms with Gasteiger partial charge in [0.05, 0.1) is 11.3 Å². The second-order valence-corrected chi connectivity index (χ2v) is 4.97. The lowest BCUT2D eigenvalue weighted by Crippen LogP contribution is -2.39. The van der Waals surface area contributed by atoms with Crippen LogP contribution in [0.4, 0.5) is 14.5 Å². The van der Waals surface area contributed by atoms with E-state index in [1.807, 2.05) is 0 Å². The summed E-state index contributed by atoms with van der Waals surface area (Å²) in [5, 5.41) is 11.8. The van der Waals surface area contributed by atoms with Crippen LogP contribution in [0.25, 0.3) is 0 Å². The summed E-state index contributed by atoms with van der Waals surface area (Å²) < 4.78 is 27.0. The molecule has 4 nitrogen and oxygen atoms in total. The molecular formula is C14H18F2N2O2. The Kier molecular flexibility index (Phi) is 4.54. The predicted molar refractivity (Wildman–Crippen MR) is 72.1 cm³/mol. The number of rotatable bonds is 4. The third-order valence-electron chi connectivity index (χ3n) is 3.68. The molecule has 0 unspecified atom stereocenters. The van der Waals surface area contributed by atoms with Gasteiger partial charge >= 0.3 is 5.97 Å². The molecule has 110 valence electrons. The number of carboxylic acids is 1. The summed E-state index contributed by atoms with van der Waals surface area (Å²) >= 11 is 0. The molecule has 0 radical (unpaired) electrons. The summed E-state index contributed by atoms with van der Waals surface area (Å²) in [6.07, 6.45) is 1.71. The van der Waals surface area contributed by atoms with E-state index in [-0.39, 0.29) is 11.7 Å². The number of halogens is 2. The van der Waals surface area contributed by atoms with E-state index in [9.17, 15) is 13.6 Å². The van der Waals surface area contributed by atoms with Crippen LogP contribution < -0.4 is 5.32 Å². The Bertz CT molecular complexity index is 500. The maximum atomic E-state index is 13.7. The van der Waals surface area contributed by atoms with Crippen LogP contribution in [0.15, 0.2) is 12.1 Å². The van der Waals surface area contributed by atoms with Gasteiger partial charge in [-0.3, -0.25) is 0 Å². The number of nitrogens with zero attached hydrogens (tertiary/aromatic N) is 1. The Morgan fingerprint density at radius 3 is 2.55 bits per heavy atom. The third-order valence-corrected chi connectivity index (χ3v) is 3.68. The second kappa shape index (κ2) is 6.17. The Morgan fingerprint density at radius 2 is 2.00 bits per heavy atom. The lowest BCUT2D eigenvalue weighted by Gasteiger charge is -2.32. The maximum absolute atomic E-state index is 13.7. The van der Waals surface area contributed by atoms with Crippen molar-refractivity contribution >= 4 is 11.7 Å². The number of aromatic carboxylic acids is 1. The summed E-state index contributed by atoms with van der Waals surface area (Å²) in [6.45, 7) is 4.92. The molecule has 0 bridgehead atoms. The van der Waals surface area contributed by atoms with Crippen molar-refractivity contribution in [1.29, 1.82) is 0 Å². The summed E-state index contributed by atoms with van der Waals surface area (Å²) in [7, 11) is 0. The number of carbonyl (C=O) groups is 1. The Balaban J connectivity index is 2.10. The summed E-state index contributed by atoms with van der Waals surface area (Å²) in [5.74, 6) is -3.21. The normalized spacial score (nSPS) is 17.1. The molecule has 1 aromatic rings. The highest BCUT2D eigenvalue weighted by molar-refractivity contribution is 5.89. The Morgan fingerprint density at radius 1 is 1.35 bits per heavy atom. The maximum Gasteiger partial charge on any atom is 0.338 e. The zero-order valence-electron chi connectivity index (χ0n) is 11.3. The number of hydrogen-bond donors (Lipinski definition) is 2. The minimum absolute atomic E-state index is 0.0544. The summed E-state index contributed by atoms with van der Waals surface area (Å²) in [4.78, 5) is 13.2. The van der Waals surface area contributed by atoms with Gasteiger partial charge in [0, 0.05) is 25.2 Å². The van der Waals surface area contributed by atoms with Crippen LogP contribution >= 0.6 is 0 Å². The summed E-state index contributed by atoms with van der Waals surface area (Å²) in [6, 6.07) is 1.73. The number of hydrogen-bond acceptors (Lipinski definition) is 3. The largest absolute Gasteiger partial charge is 0.478 e. The van der Waals surface area contributed by atoms with Gasteiger partial charge in [0.1, 0.15) is 11.6 Å². The van der Waals surface area contributed by atoms with Crippen LogP contribution in [0.5, 0.6) is 0 Å². The van der Waals surface area contributed by atoms with Gasteiger partial charge in [-0.15, -0.1) is 0 Å². The first-order chi connectivity index (χ1) is 9.51. The van der Waals surface area contributed by atoms with Gasteiger partial charge in [0.25, 0.3) is 0 Å². The monoisotopic (exact) mass is 284 g/mol. The fraction of sp³-hybridized carbons (Fsp3) is 0.500. The molecule has 0 saturated carbocycles. The second-order valence-electron chi connectivity index (χ2n) is 4.97. The van der Waals surface area contributed by atoms with Crippen molar-refractivity contribution < 1.29 is 18.7 Å². The Hall–Kier alpha value is -1.69. The van der Waals surface area contributed by atoms with E-state index in [0.717, 1.165) is 38.5 Å². The highest BCUT2D eigenvalue weighted by atomic mass is 19.1. The fourth-order valence-corrected chi connectivity index (χ4v) is 2.44. The van der Waals surface area contributed by atoms with Crippen LogP contribution in [0.3, 0.4) is 0 Å². The molecule has 2 N–H and O–H groups in total. The molecule has 0 atom stereocenters. The molecule has 1 saturated heterocycles. The lowest BCUT2D eigenvalue weighted by molar-refractivity contribution is 0.0692. The standard InChI is InChI=1S/C14H18F2N2O2/c1-2-18-5-3-9(4-6-18)17-13-7-10(14(19)20)11(15)8-12(13)16/h7-9,17H,2-6H2,1H3,(H,19,20). The first-order valence-electron chi connectivity index (χ1n) is 6.72. The van der Waals surface area contributed by atoms with E-state index in [2.05, 4.69) is 17.1 Å². The quantitative estimate of drug-likeness (QED) is 0.892. The molecule has 0 spiro atoms. The fourth-order valence-electron chi connectivity index (χ4n) is 2.44. The topological polar surface area (TPSA) is 52.6 Å². The van der Waals surface area contributed by atoms with E-state index in [1.54, 1.807) is 0 Å². The van der Waals surface area contributed by atoms with Crippen molar-refractivity contribution in [3.63, 3.8) is 0 Å². The van der Waals surface area contributed by atoms with Crippen molar-refractivity contribution in [2.75, 3.05) is 25.0 Å². The molecule has 0 aromatic heterocycles. The Labute approximate surface area is 116 Å². The van der Waals surface area contributed by atoms with Crippen LogP contribution in [0.2, 0.25) is 0 Å². The first-order valence-corrected chi connectivity index (χ1v) is 6.72. The van der Waals surface area contributed by atoms with E-state index in [1.165, 1.54) is 0 Å². The van der Waals surface area contributed by atoms with E-state index in [4.69, 9.17) is 5.11 Å². The van der Waals surface area contributed by atoms with Crippen LogP contribution in [-0.4, -0.2) is 41.7 Å². The number of anilines is 1. The van der Waals surface area contributed by atoms with Gasteiger partial charge in [-0.25, -0.2) is 13.6 Å². The van der Waals surface area contributed by atoms with Gasteiger partial charge in [-0.05, 0) is 25.5 Å². The molecule has 2 rings (SSSR count). The minimum Gasteiger partial charge on any atom is -0.478 e. The molecule has 20 heavy (non-hydrogen) atoms. The number of nitrogens with one attached hydrogen (secondary N) is 1. The van der Waals surface area contributed by atoms with E-state index in [0.29, 0.717) is 6.07 Å². The van der Waals surface area contributed by atoms with Gasteiger partial charge in [0.2, 0.25) is 0 Å². The van der Waals surface area contributed by atoms with Crippen LogP contribution in [0.1, 0.15) is 30.1 Å². The van der Waals surface area contributed by atoms with Crippen LogP contribution in [0, 0.1) is 11.6 Å².